The number of aliphatic carboxylic acids is 1. The number of carbonyl (C=O) groups is 1. The zero-order valence-electron chi connectivity index (χ0n) is 19.9. The lowest BCUT2D eigenvalue weighted by Gasteiger charge is -2.38. The van der Waals surface area contributed by atoms with Gasteiger partial charge in [0.25, 0.3) is 0 Å². The number of aryl methyl sites for hydroxylation is 2. The predicted octanol–water partition coefficient (Wildman–Crippen LogP) is 3.48. The molecule has 9 heteroatoms. The van der Waals surface area contributed by atoms with Gasteiger partial charge in [0.05, 0.1) is 25.7 Å². The lowest BCUT2D eigenvalue weighted by Crippen LogP contribution is -2.50. The molecule has 0 radical (unpaired) electrons. The topological polar surface area (TPSA) is 106 Å². The van der Waals surface area contributed by atoms with E-state index < -0.39 is 27.5 Å². The summed E-state index contributed by atoms with van der Waals surface area (Å²) in [6.45, 7) is 6.98. The molecule has 0 saturated carbocycles. The van der Waals surface area contributed by atoms with Gasteiger partial charge in [-0.05, 0) is 55.0 Å². The zero-order valence-corrected chi connectivity index (χ0v) is 20.7. The first-order chi connectivity index (χ1) is 16.1. The highest BCUT2D eigenvalue weighted by Crippen LogP contribution is 2.38. The van der Waals surface area contributed by atoms with Gasteiger partial charge in [-0.3, -0.25) is 4.79 Å². The normalized spacial score (nSPS) is 20.2. The fourth-order valence-corrected chi connectivity index (χ4v) is 6.26. The van der Waals surface area contributed by atoms with Crippen LogP contribution in [0.1, 0.15) is 48.4 Å². The summed E-state index contributed by atoms with van der Waals surface area (Å²) in [6, 6.07) is 7.41. The van der Waals surface area contributed by atoms with Gasteiger partial charge in [0.15, 0.2) is 0 Å². The molecule has 0 aliphatic carbocycles. The highest BCUT2D eigenvalue weighted by Gasteiger charge is 2.45. The van der Waals surface area contributed by atoms with E-state index in [2.05, 4.69) is 4.98 Å². The van der Waals surface area contributed by atoms with Crippen molar-refractivity contribution < 1.29 is 27.8 Å². The maximum Gasteiger partial charge on any atom is 0.306 e. The molecule has 1 aromatic carbocycles. The summed E-state index contributed by atoms with van der Waals surface area (Å²) in [5.74, 6) is -1.15. The SMILES string of the molecule is CCC(Cc1ccc(C)c(CN2CC3(CCOCC3)Oc3ncc(C)cc3S2(=O)=O)c1)C(=O)O. The first-order valence-electron chi connectivity index (χ1n) is 11.7. The molecular formula is C25H32N2O6S. The first-order valence-corrected chi connectivity index (χ1v) is 13.1. The Morgan fingerprint density at radius 1 is 1.24 bits per heavy atom. The van der Waals surface area contributed by atoms with Crippen LogP contribution in [0.3, 0.4) is 0 Å². The van der Waals surface area contributed by atoms with Crippen molar-refractivity contribution in [3.05, 3.63) is 52.7 Å². The van der Waals surface area contributed by atoms with Crippen LogP contribution in [-0.4, -0.2) is 54.1 Å². The number of fused-ring (bicyclic) bond motifs is 1. The van der Waals surface area contributed by atoms with E-state index in [1.807, 2.05) is 39.0 Å². The number of nitrogens with zero attached hydrogens (tertiary/aromatic N) is 2. The van der Waals surface area contributed by atoms with Gasteiger partial charge < -0.3 is 14.6 Å². The third kappa shape index (κ3) is 4.96. The van der Waals surface area contributed by atoms with Crippen molar-refractivity contribution in [2.75, 3.05) is 19.8 Å². The van der Waals surface area contributed by atoms with Crippen LogP contribution in [0.15, 0.2) is 35.4 Å². The highest BCUT2D eigenvalue weighted by atomic mass is 32.2. The van der Waals surface area contributed by atoms with Crippen LogP contribution < -0.4 is 4.74 Å². The number of ether oxygens (including phenoxy) is 2. The second kappa shape index (κ2) is 9.64. The number of benzene rings is 1. The van der Waals surface area contributed by atoms with Crippen molar-refractivity contribution >= 4 is 16.0 Å². The lowest BCUT2D eigenvalue weighted by molar-refractivity contribution is -0.141. The number of carboxylic acid groups (broad SMARTS) is 1. The average molecular weight is 489 g/mol. The van der Waals surface area contributed by atoms with E-state index >= 15 is 0 Å². The molecule has 4 rings (SSSR count). The van der Waals surface area contributed by atoms with Crippen LogP contribution in [0.5, 0.6) is 5.88 Å². The Hall–Kier alpha value is -2.49. The molecule has 1 fully saturated rings. The van der Waals surface area contributed by atoms with E-state index in [-0.39, 0.29) is 23.9 Å². The zero-order chi connectivity index (χ0) is 24.5. The molecule has 34 heavy (non-hydrogen) atoms. The van der Waals surface area contributed by atoms with E-state index in [9.17, 15) is 18.3 Å². The fraction of sp³-hybridized carbons (Fsp3) is 0.520. The number of pyridine rings is 1. The molecular weight excluding hydrogens is 456 g/mol. The summed E-state index contributed by atoms with van der Waals surface area (Å²) in [5, 5.41) is 9.46. The van der Waals surface area contributed by atoms with Gasteiger partial charge >= 0.3 is 5.97 Å². The van der Waals surface area contributed by atoms with Gasteiger partial charge in [0, 0.05) is 25.6 Å². The van der Waals surface area contributed by atoms with Crippen molar-refractivity contribution in [3.63, 3.8) is 0 Å². The second-order valence-electron chi connectivity index (χ2n) is 9.39. The van der Waals surface area contributed by atoms with Crippen LogP contribution in [0.25, 0.3) is 0 Å². The van der Waals surface area contributed by atoms with Crippen LogP contribution in [0.2, 0.25) is 0 Å². The Balaban J connectivity index is 1.72. The summed E-state index contributed by atoms with van der Waals surface area (Å²) in [5.41, 5.74) is 2.73. The summed E-state index contributed by atoms with van der Waals surface area (Å²) in [4.78, 5) is 15.9. The van der Waals surface area contributed by atoms with E-state index in [0.29, 0.717) is 38.9 Å². The van der Waals surface area contributed by atoms with Gasteiger partial charge in [-0.15, -0.1) is 0 Å². The molecule has 184 valence electrons. The Morgan fingerprint density at radius 2 is 1.97 bits per heavy atom. The molecule has 8 nitrogen and oxygen atoms in total. The lowest BCUT2D eigenvalue weighted by atomic mass is 9.93. The highest BCUT2D eigenvalue weighted by molar-refractivity contribution is 7.89. The second-order valence-corrected chi connectivity index (χ2v) is 11.3. The van der Waals surface area contributed by atoms with Crippen molar-refractivity contribution in [3.8, 4) is 5.88 Å². The van der Waals surface area contributed by atoms with Gasteiger partial charge in [-0.1, -0.05) is 25.1 Å². The number of hydrogen-bond donors (Lipinski definition) is 1. The molecule has 0 bridgehead atoms. The first kappa shape index (κ1) is 24.6. The van der Waals surface area contributed by atoms with Crippen LogP contribution >= 0.6 is 0 Å². The molecule has 1 atom stereocenters. The molecule has 1 N–H and O–H groups in total. The molecule has 1 spiro atoms. The maximum atomic E-state index is 13.8. The summed E-state index contributed by atoms with van der Waals surface area (Å²) < 4.78 is 41.0. The fourth-order valence-electron chi connectivity index (χ4n) is 4.62. The number of aromatic nitrogens is 1. The molecule has 2 aliphatic rings. The Morgan fingerprint density at radius 3 is 2.65 bits per heavy atom. The van der Waals surface area contributed by atoms with Crippen molar-refractivity contribution in [2.24, 2.45) is 5.92 Å². The third-order valence-corrected chi connectivity index (χ3v) is 8.63. The van der Waals surface area contributed by atoms with Gasteiger partial charge in [-0.25, -0.2) is 13.4 Å². The smallest absolute Gasteiger partial charge is 0.306 e. The Bertz CT molecular complexity index is 1170. The van der Waals surface area contributed by atoms with Crippen molar-refractivity contribution in [2.45, 2.75) is 63.5 Å². The molecule has 2 aromatic rings. The van der Waals surface area contributed by atoms with Crippen LogP contribution in [0.4, 0.5) is 0 Å². The summed E-state index contributed by atoms with van der Waals surface area (Å²) in [6.07, 6.45) is 3.71. The minimum absolute atomic E-state index is 0.0848. The largest absolute Gasteiger partial charge is 0.481 e. The van der Waals surface area contributed by atoms with Crippen molar-refractivity contribution in [1.82, 2.24) is 9.29 Å². The van der Waals surface area contributed by atoms with E-state index in [1.54, 1.807) is 12.3 Å². The average Bonchev–Trinajstić information content (AvgIpc) is 2.87. The maximum absolute atomic E-state index is 13.8. The predicted molar refractivity (Wildman–Crippen MR) is 126 cm³/mol. The monoisotopic (exact) mass is 488 g/mol. The number of rotatable bonds is 6. The van der Waals surface area contributed by atoms with E-state index in [4.69, 9.17) is 9.47 Å². The summed E-state index contributed by atoms with van der Waals surface area (Å²) >= 11 is 0. The van der Waals surface area contributed by atoms with Crippen LogP contribution in [0, 0.1) is 19.8 Å². The van der Waals surface area contributed by atoms with E-state index in [0.717, 1.165) is 22.3 Å². The van der Waals surface area contributed by atoms with Crippen LogP contribution in [-0.2, 0) is 32.5 Å². The number of carboxylic acids is 1. The molecule has 1 aromatic heterocycles. The Kier molecular flexibility index (Phi) is 6.98. The molecule has 0 amide bonds. The van der Waals surface area contributed by atoms with Gasteiger partial charge in [0.2, 0.25) is 15.9 Å². The Labute approximate surface area is 201 Å². The minimum atomic E-state index is -3.88. The van der Waals surface area contributed by atoms with Gasteiger partial charge in [-0.2, -0.15) is 4.31 Å². The van der Waals surface area contributed by atoms with Gasteiger partial charge in [0.1, 0.15) is 10.5 Å². The van der Waals surface area contributed by atoms with Crippen molar-refractivity contribution in [1.29, 1.82) is 0 Å². The number of sulfonamides is 1. The summed E-state index contributed by atoms with van der Waals surface area (Å²) in [7, 11) is -3.88. The molecule has 1 unspecified atom stereocenters. The standard InChI is InChI=1S/C25H32N2O6S/c1-4-20(24(28)29)12-19-6-5-18(3)21(13-19)15-27-16-25(7-9-32-10-8-25)33-23-22(34(27,30)31)11-17(2)14-26-23/h5-6,11,13-14,20H,4,7-10,12,15-16H2,1-3H3,(H,28,29). The molecule has 2 aliphatic heterocycles. The molecule has 1 saturated heterocycles. The quantitative estimate of drug-likeness (QED) is 0.663. The number of hydrogen-bond acceptors (Lipinski definition) is 6. The van der Waals surface area contributed by atoms with E-state index in [1.165, 1.54) is 4.31 Å². The molecule has 3 heterocycles. The minimum Gasteiger partial charge on any atom is -0.481 e. The third-order valence-electron chi connectivity index (χ3n) is 6.84.